The fourth-order valence-corrected chi connectivity index (χ4v) is 3.17. The molecule has 0 amide bonds. The smallest absolute Gasteiger partial charge is 0.305 e. The average Bonchev–Trinajstić information content (AvgIpc) is 2.23. The van der Waals surface area contributed by atoms with Gasteiger partial charge in [-0.25, -0.2) is 0 Å². The fraction of sp³-hybridized carbons (Fsp3) is 0.929. The van der Waals surface area contributed by atoms with E-state index < -0.39 is 5.97 Å². The zero-order valence-corrected chi connectivity index (χ0v) is 11.8. The van der Waals surface area contributed by atoms with Crippen LogP contribution < -0.4 is 0 Å². The van der Waals surface area contributed by atoms with Crippen molar-refractivity contribution in [2.45, 2.75) is 65.3 Å². The molecular weight excluding hydrogens is 214 g/mol. The summed E-state index contributed by atoms with van der Waals surface area (Å²) in [6, 6.07) is 0. The first kappa shape index (κ1) is 14.5. The molecule has 0 atom stereocenters. The molecule has 3 heteroatoms. The molecular formula is C14H27NO2. The van der Waals surface area contributed by atoms with Crippen molar-refractivity contribution >= 4 is 5.97 Å². The number of rotatable bonds is 5. The van der Waals surface area contributed by atoms with Gasteiger partial charge in [0.15, 0.2) is 0 Å². The summed E-state index contributed by atoms with van der Waals surface area (Å²) in [5.74, 6) is -0.656. The maximum atomic E-state index is 11.1. The summed E-state index contributed by atoms with van der Waals surface area (Å²) in [6.45, 7) is 10.7. The van der Waals surface area contributed by atoms with Crippen molar-refractivity contribution in [3.05, 3.63) is 0 Å². The third-order valence-corrected chi connectivity index (χ3v) is 4.45. The largest absolute Gasteiger partial charge is 0.481 e. The topological polar surface area (TPSA) is 40.5 Å². The van der Waals surface area contributed by atoms with Gasteiger partial charge in [-0.1, -0.05) is 27.7 Å². The van der Waals surface area contributed by atoms with Crippen LogP contribution in [0.4, 0.5) is 0 Å². The lowest BCUT2D eigenvalue weighted by molar-refractivity contribution is -0.142. The molecule has 17 heavy (non-hydrogen) atoms. The van der Waals surface area contributed by atoms with Gasteiger partial charge < -0.3 is 5.11 Å². The first-order valence-electron chi connectivity index (χ1n) is 6.82. The number of hydrogen-bond acceptors (Lipinski definition) is 2. The van der Waals surface area contributed by atoms with E-state index in [1.807, 2.05) is 0 Å². The number of carbonyl (C=O) groups is 1. The van der Waals surface area contributed by atoms with E-state index in [0.29, 0.717) is 11.8 Å². The van der Waals surface area contributed by atoms with Crippen molar-refractivity contribution < 1.29 is 9.90 Å². The monoisotopic (exact) mass is 241 g/mol. The Hall–Kier alpha value is -0.570. The van der Waals surface area contributed by atoms with Crippen LogP contribution in [0.25, 0.3) is 0 Å². The molecule has 0 bridgehead atoms. The van der Waals surface area contributed by atoms with E-state index in [1.54, 1.807) is 0 Å². The maximum absolute atomic E-state index is 11.1. The number of aliphatic carboxylic acids is 1. The van der Waals surface area contributed by atoms with Gasteiger partial charge in [0, 0.05) is 5.54 Å². The van der Waals surface area contributed by atoms with Gasteiger partial charge in [0.25, 0.3) is 0 Å². The molecule has 0 aliphatic heterocycles. The van der Waals surface area contributed by atoms with E-state index in [4.69, 9.17) is 0 Å². The second kappa shape index (κ2) is 5.38. The summed E-state index contributed by atoms with van der Waals surface area (Å²) in [6.07, 6.45) is 4.61. The highest BCUT2D eigenvalue weighted by Gasteiger charge is 2.42. The molecule has 1 rings (SSSR count). The predicted molar refractivity (Wildman–Crippen MR) is 70.2 cm³/mol. The summed E-state index contributed by atoms with van der Waals surface area (Å²) in [4.78, 5) is 13.5. The van der Waals surface area contributed by atoms with Crippen molar-refractivity contribution in [3.8, 4) is 0 Å². The van der Waals surface area contributed by atoms with Gasteiger partial charge in [-0.15, -0.1) is 0 Å². The molecule has 0 aromatic heterocycles. The van der Waals surface area contributed by atoms with Crippen LogP contribution in [-0.4, -0.2) is 34.6 Å². The summed E-state index contributed by atoms with van der Waals surface area (Å²) in [5, 5.41) is 9.17. The predicted octanol–water partition coefficient (Wildman–Crippen LogP) is 3.14. The van der Waals surface area contributed by atoms with Crippen LogP contribution in [0.2, 0.25) is 0 Å². The average molecular weight is 241 g/mol. The van der Waals surface area contributed by atoms with Crippen LogP contribution in [0.5, 0.6) is 0 Å². The number of carboxylic acid groups (broad SMARTS) is 1. The van der Waals surface area contributed by atoms with Gasteiger partial charge in [0.1, 0.15) is 0 Å². The molecule has 1 fully saturated rings. The first-order valence-corrected chi connectivity index (χ1v) is 6.82. The Morgan fingerprint density at radius 2 is 1.59 bits per heavy atom. The Balaban J connectivity index is 2.84. The van der Waals surface area contributed by atoms with Gasteiger partial charge in [-0.3, -0.25) is 9.69 Å². The number of nitrogens with zero attached hydrogens (tertiary/aromatic N) is 1. The Bertz CT molecular complexity index is 259. The van der Waals surface area contributed by atoms with Crippen LogP contribution in [0.3, 0.4) is 0 Å². The molecule has 0 spiro atoms. The van der Waals surface area contributed by atoms with E-state index in [9.17, 15) is 9.90 Å². The molecule has 100 valence electrons. The minimum atomic E-state index is -0.656. The second-order valence-corrected chi connectivity index (χ2v) is 6.13. The molecule has 1 aliphatic rings. The van der Waals surface area contributed by atoms with Crippen LogP contribution in [0.1, 0.15) is 59.8 Å². The first-order chi connectivity index (χ1) is 7.85. The van der Waals surface area contributed by atoms with Crippen molar-refractivity contribution in [3.63, 3.8) is 0 Å². The van der Waals surface area contributed by atoms with Crippen molar-refractivity contribution in [1.82, 2.24) is 4.90 Å². The Kier molecular flexibility index (Phi) is 4.59. The van der Waals surface area contributed by atoms with Crippen molar-refractivity contribution in [2.75, 3.05) is 13.1 Å². The highest BCUT2D eigenvalue weighted by Crippen LogP contribution is 2.44. The minimum Gasteiger partial charge on any atom is -0.481 e. The summed E-state index contributed by atoms with van der Waals surface area (Å²) < 4.78 is 0. The second-order valence-electron chi connectivity index (χ2n) is 6.13. The highest BCUT2D eigenvalue weighted by atomic mass is 16.4. The van der Waals surface area contributed by atoms with Gasteiger partial charge in [0.2, 0.25) is 0 Å². The zero-order valence-electron chi connectivity index (χ0n) is 11.8. The molecule has 3 nitrogen and oxygen atoms in total. The van der Waals surface area contributed by atoms with Gasteiger partial charge in [-0.2, -0.15) is 0 Å². The lowest BCUT2D eigenvalue weighted by Crippen LogP contribution is -2.53. The third-order valence-electron chi connectivity index (χ3n) is 4.45. The summed E-state index contributed by atoms with van der Waals surface area (Å²) in [7, 11) is 0. The maximum Gasteiger partial charge on any atom is 0.305 e. The third kappa shape index (κ3) is 3.44. The Labute approximate surface area is 105 Å². The van der Waals surface area contributed by atoms with Crippen LogP contribution >= 0.6 is 0 Å². The van der Waals surface area contributed by atoms with Crippen LogP contribution in [0, 0.1) is 5.41 Å². The SMILES string of the molecule is CCN(CC)C1(CC(=O)O)CCC(C)(C)CC1. The Morgan fingerprint density at radius 3 is 1.94 bits per heavy atom. The highest BCUT2D eigenvalue weighted by molar-refractivity contribution is 5.68. The lowest BCUT2D eigenvalue weighted by atomic mass is 9.67. The molecule has 0 radical (unpaired) electrons. The molecule has 0 unspecified atom stereocenters. The van der Waals surface area contributed by atoms with Crippen molar-refractivity contribution in [1.29, 1.82) is 0 Å². The summed E-state index contributed by atoms with van der Waals surface area (Å²) in [5.41, 5.74) is 0.292. The number of hydrogen-bond donors (Lipinski definition) is 1. The van der Waals surface area contributed by atoms with Crippen molar-refractivity contribution in [2.24, 2.45) is 5.41 Å². The molecule has 1 N–H and O–H groups in total. The quantitative estimate of drug-likeness (QED) is 0.804. The molecule has 0 aromatic carbocycles. The van der Waals surface area contributed by atoms with E-state index >= 15 is 0 Å². The zero-order chi connectivity index (χ0) is 13.1. The molecule has 1 aliphatic carbocycles. The lowest BCUT2D eigenvalue weighted by Gasteiger charge is -2.49. The standard InChI is InChI=1S/C14H27NO2/c1-5-15(6-2)14(11-12(16)17)9-7-13(3,4)8-10-14/h5-11H2,1-4H3,(H,16,17). The van der Waals surface area contributed by atoms with Gasteiger partial charge >= 0.3 is 5.97 Å². The van der Waals surface area contributed by atoms with E-state index in [1.165, 1.54) is 0 Å². The van der Waals surface area contributed by atoms with E-state index in [-0.39, 0.29) is 5.54 Å². The molecule has 1 saturated carbocycles. The normalized spacial score (nSPS) is 22.6. The number of carboxylic acids is 1. The van der Waals surface area contributed by atoms with Gasteiger partial charge in [0.05, 0.1) is 6.42 Å². The molecule has 0 saturated heterocycles. The van der Waals surface area contributed by atoms with Crippen LogP contribution in [-0.2, 0) is 4.79 Å². The molecule has 0 aromatic rings. The molecule has 0 heterocycles. The summed E-state index contributed by atoms with van der Waals surface area (Å²) >= 11 is 0. The van der Waals surface area contributed by atoms with E-state index in [0.717, 1.165) is 38.8 Å². The Morgan fingerprint density at radius 1 is 1.12 bits per heavy atom. The van der Waals surface area contributed by atoms with Crippen LogP contribution in [0.15, 0.2) is 0 Å². The minimum absolute atomic E-state index is 0.0924. The van der Waals surface area contributed by atoms with Gasteiger partial charge in [-0.05, 0) is 44.2 Å². The van der Waals surface area contributed by atoms with E-state index in [2.05, 4.69) is 32.6 Å². The fourth-order valence-electron chi connectivity index (χ4n) is 3.17.